The highest BCUT2D eigenvalue weighted by atomic mass is 16.1. The molecular formula is C36H22O. The molecular weight excluding hydrogens is 448 g/mol. The van der Waals surface area contributed by atoms with E-state index in [2.05, 4.69) is 121 Å². The Bertz CT molecular complexity index is 2230. The van der Waals surface area contributed by atoms with Gasteiger partial charge in [0.15, 0.2) is 5.78 Å². The van der Waals surface area contributed by atoms with Crippen molar-refractivity contribution in [3.05, 3.63) is 131 Å². The molecule has 0 spiro atoms. The summed E-state index contributed by atoms with van der Waals surface area (Å²) in [5, 5.41) is 14.2. The Morgan fingerprint density at radius 3 is 1.62 bits per heavy atom. The molecule has 0 heterocycles. The van der Waals surface area contributed by atoms with Crippen molar-refractivity contribution >= 4 is 71.3 Å². The van der Waals surface area contributed by atoms with Crippen molar-refractivity contribution in [1.29, 1.82) is 0 Å². The van der Waals surface area contributed by atoms with E-state index in [1.807, 2.05) is 0 Å². The van der Waals surface area contributed by atoms with Crippen LogP contribution in [0.5, 0.6) is 0 Å². The molecule has 0 atom stereocenters. The summed E-state index contributed by atoms with van der Waals surface area (Å²) in [6.45, 7) is 0. The van der Waals surface area contributed by atoms with Gasteiger partial charge in [-0.2, -0.15) is 0 Å². The molecule has 0 saturated heterocycles. The normalized spacial score (nSPS) is 13.5. The summed E-state index contributed by atoms with van der Waals surface area (Å²) in [6.07, 6.45) is 2.51. The monoisotopic (exact) mass is 470 g/mol. The second kappa shape index (κ2) is 7.62. The van der Waals surface area contributed by atoms with E-state index < -0.39 is 0 Å². The summed E-state index contributed by atoms with van der Waals surface area (Å²) in [4.78, 5) is 13.5. The van der Waals surface area contributed by atoms with Crippen LogP contribution in [0.4, 0.5) is 0 Å². The van der Waals surface area contributed by atoms with E-state index >= 15 is 0 Å². The summed E-state index contributed by atoms with van der Waals surface area (Å²) in [5.41, 5.74) is 1.85. The number of carbonyl (C=O) groups is 1. The van der Waals surface area contributed by atoms with Gasteiger partial charge < -0.3 is 0 Å². The predicted octanol–water partition coefficient (Wildman–Crippen LogP) is 7.40. The van der Waals surface area contributed by atoms with Crippen LogP contribution in [-0.2, 0) is 4.79 Å². The molecule has 0 aromatic heterocycles. The molecule has 37 heavy (non-hydrogen) atoms. The predicted molar refractivity (Wildman–Crippen MR) is 156 cm³/mol. The largest absolute Gasteiger partial charge is 0.294 e. The summed E-state index contributed by atoms with van der Waals surface area (Å²) in [5.74, 6) is 0.179. The topological polar surface area (TPSA) is 17.1 Å². The van der Waals surface area contributed by atoms with E-state index in [9.17, 15) is 4.79 Å². The quantitative estimate of drug-likeness (QED) is 0.228. The highest BCUT2D eigenvalue weighted by molar-refractivity contribution is 6.26. The highest BCUT2D eigenvalue weighted by Crippen LogP contribution is 2.32. The van der Waals surface area contributed by atoms with Gasteiger partial charge in [-0.15, -0.1) is 0 Å². The third-order valence-electron chi connectivity index (χ3n) is 7.90. The van der Waals surface area contributed by atoms with Crippen LogP contribution in [0.3, 0.4) is 0 Å². The molecule has 172 valence electrons. The third kappa shape index (κ3) is 3.14. The lowest BCUT2D eigenvalue weighted by Crippen LogP contribution is -2.33. The second-order valence-electron chi connectivity index (χ2n) is 10.1. The van der Waals surface area contributed by atoms with E-state index in [1.54, 1.807) is 0 Å². The molecule has 0 radical (unpaired) electrons. The van der Waals surface area contributed by atoms with Crippen molar-refractivity contribution in [2.24, 2.45) is 0 Å². The maximum absolute atomic E-state index is 13.5. The molecule has 8 rings (SSSR count). The van der Waals surface area contributed by atoms with Gasteiger partial charge in [0.2, 0.25) is 0 Å². The maximum atomic E-state index is 13.5. The number of fused-ring (bicyclic) bond motifs is 6. The fraction of sp³-hybridized carbons (Fsp3) is 0.0278. The molecule has 0 amide bonds. The zero-order valence-corrected chi connectivity index (χ0v) is 20.2. The molecule has 0 bridgehead atoms. The molecule has 1 nitrogen and oxygen atoms in total. The van der Waals surface area contributed by atoms with Gasteiger partial charge in [0.25, 0.3) is 0 Å². The highest BCUT2D eigenvalue weighted by Gasteiger charge is 2.19. The SMILES string of the molecule is O=C1CC=c2cc3cc4ccccc4cc3cc2=C1c1cccc2cc3cc4ccccc4cc3cc12. The minimum Gasteiger partial charge on any atom is -0.294 e. The Morgan fingerprint density at radius 1 is 0.459 bits per heavy atom. The van der Waals surface area contributed by atoms with Crippen LogP contribution in [0.15, 0.2) is 115 Å². The van der Waals surface area contributed by atoms with Crippen molar-refractivity contribution < 1.29 is 4.79 Å². The summed E-state index contributed by atoms with van der Waals surface area (Å²) in [7, 11) is 0. The minimum absolute atomic E-state index is 0.179. The molecule has 0 fully saturated rings. The number of carbonyl (C=O) groups excluding carboxylic acids is 1. The number of rotatable bonds is 1. The van der Waals surface area contributed by atoms with Gasteiger partial charge in [0.1, 0.15) is 0 Å². The molecule has 0 unspecified atom stereocenters. The number of ketones is 1. The van der Waals surface area contributed by atoms with Crippen molar-refractivity contribution in [3.63, 3.8) is 0 Å². The van der Waals surface area contributed by atoms with Crippen molar-refractivity contribution in [1.82, 2.24) is 0 Å². The molecule has 0 saturated carbocycles. The molecule has 0 aliphatic heterocycles. The van der Waals surface area contributed by atoms with E-state index in [4.69, 9.17) is 0 Å². The number of Topliss-reactive ketones (excluding diaryl/α,β-unsaturated/α-hetero) is 1. The Morgan fingerprint density at radius 2 is 0.973 bits per heavy atom. The number of hydrogen-bond donors (Lipinski definition) is 0. The first kappa shape index (κ1) is 20.4. The Hall–Kier alpha value is -4.75. The van der Waals surface area contributed by atoms with Crippen LogP contribution in [0.25, 0.3) is 65.5 Å². The lowest BCUT2D eigenvalue weighted by atomic mass is 9.87. The zero-order chi connectivity index (χ0) is 24.5. The molecule has 0 N–H and O–H groups in total. The molecule has 1 heteroatoms. The van der Waals surface area contributed by atoms with Crippen LogP contribution >= 0.6 is 0 Å². The fourth-order valence-electron chi connectivity index (χ4n) is 6.08. The van der Waals surface area contributed by atoms with Crippen LogP contribution < -0.4 is 10.4 Å². The Kier molecular flexibility index (Phi) is 4.21. The van der Waals surface area contributed by atoms with Crippen LogP contribution in [-0.4, -0.2) is 5.78 Å². The van der Waals surface area contributed by atoms with Crippen molar-refractivity contribution in [3.8, 4) is 0 Å². The Labute approximate surface area is 213 Å². The molecule has 1 aliphatic rings. The van der Waals surface area contributed by atoms with Crippen molar-refractivity contribution in [2.75, 3.05) is 0 Å². The number of hydrogen-bond acceptors (Lipinski definition) is 1. The summed E-state index contributed by atoms with van der Waals surface area (Å²) >= 11 is 0. The van der Waals surface area contributed by atoms with Gasteiger partial charge in [-0.05, 0) is 118 Å². The van der Waals surface area contributed by atoms with Gasteiger partial charge in [0, 0.05) is 12.0 Å². The van der Waals surface area contributed by atoms with Gasteiger partial charge in [-0.3, -0.25) is 4.79 Å². The van der Waals surface area contributed by atoms with Gasteiger partial charge in [0.05, 0.1) is 0 Å². The second-order valence-corrected chi connectivity index (χ2v) is 10.1. The third-order valence-corrected chi connectivity index (χ3v) is 7.90. The molecule has 7 aromatic carbocycles. The lowest BCUT2D eigenvalue weighted by Gasteiger charge is -2.15. The van der Waals surface area contributed by atoms with Crippen LogP contribution in [0, 0.1) is 0 Å². The van der Waals surface area contributed by atoms with Crippen LogP contribution in [0.1, 0.15) is 12.0 Å². The summed E-state index contributed by atoms with van der Waals surface area (Å²) in [6, 6.07) is 41.3. The van der Waals surface area contributed by atoms with E-state index in [-0.39, 0.29) is 5.78 Å². The molecule has 1 aliphatic carbocycles. The standard InChI is InChI=1S/C36H22O/c37-35-13-12-27-19-29-15-23-7-2-4-9-25(23)17-31(29)21-34(27)36(35)32-11-5-10-26-18-28-14-22-6-1-3-8-24(22)16-30(28)20-33(26)32/h1-12,14-21H,13H2. The fourth-order valence-corrected chi connectivity index (χ4v) is 6.08. The maximum Gasteiger partial charge on any atom is 0.167 e. The average molecular weight is 471 g/mol. The first-order valence-corrected chi connectivity index (χ1v) is 12.8. The van der Waals surface area contributed by atoms with E-state index in [1.165, 1.54) is 37.7 Å². The van der Waals surface area contributed by atoms with Gasteiger partial charge in [-0.1, -0.05) is 72.8 Å². The van der Waals surface area contributed by atoms with Gasteiger partial charge in [-0.25, -0.2) is 0 Å². The molecule has 7 aromatic rings. The zero-order valence-electron chi connectivity index (χ0n) is 20.2. The van der Waals surface area contributed by atoms with Crippen LogP contribution in [0.2, 0.25) is 0 Å². The number of benzene rings is 7. The first-order chi connectivity index (χ1) is 18.2. The van der Waals surface area contributed by atoms with Gasteiger partial charge >= 0.3 is 0 Å². The Balaban J connectivity index is 1.46. The average Bonchev–Trinajstić information content (AvgIpc) is 2.92. The van der Waals surface area contributed by atoms with Crippen molar-refractivity contribution in [2.45, 2.75) is 6.42 Å². The smallest absolute Gasteiger partial charge is 0.167 e. The lowest BCUT2D eigenvalue weighted by molar-refractivity contribution is -0.112. The van der Waals surface area contributed by atoms with E-state index in [0.717, 1.165) is 37.7 Å². The van der Waals surface area contributed by atoms with E-state index in [0.29, 0.717) is 6.42 Å². The first-order valence-electron chi connectivity index (χ1n) is 12.8. The minimum atomic E-state index is 0.179. The summed E-state index contributed by atoms with van der Waals surface area (Å²) < 4.78 is 0.